The van der Waals surface area contributed by atoms with Gasteiger partial charge >= 0.3 is 0 Å². The van der Waals surface area contributed by atoms with Crippen molar-refractivity contribution in [2.45, 2.75) is 65.1 Å². The van der Waals surface area contributed by atoms with Crippen molar-refractivity contribution >= 4 is 0 Å². The predicted molar refractivity (Wildman–Crippen MR) is 146 cm³/mol. The lowest BCUT2D eigenvalue weighted by molar-refractivity contribution is -0.0170. The van der Waals surface area contributed by atoms with Crippen LogP contribution in [0.25, 0.3) is 0 Å². The Bertz CT molecular complexity index is 1160. The minimum absolute atomic E-state index is 0.323. The molecule has 0 unspecified atom stereocenters. The number of hydrogen-bond donors (Lipinski definition) is 1. The molecular formula is C30H41N3O4. The molecule has 0 bridgehead atoms. The van der Waals surface area contributed by atoms with Crippen LogP contribution in [-0.2, 0) is 13.1 Å². The Kier molecular flexibility index (Phi) is 9.11. The van der Waals surface area contributed by atoms with Crippen molar-refractivity contribution in [3.63, 3.8) is 0 Å². The Morgan fingerprint density at radius 2 is 1.81 bits per heavy atom. The molecule has 0 spiro atoms. The van der Waals surface area contributed by atoms with Crippen LogP contribution in [0.5, 0.6) is 17.2 Å². The molecular weight excluding hydrogens is 466 g/mol. The van der Waals surface area contributed by atoms with E-state index in [0.29, 0.717) is 19.6 Å². The smallest absolute Gasteiger partial charge is 0.161 e. The molecule has 0 amide bonds. The molecule has 0 radical (unpaired) electrons. The van der Waals surface area contributed by atoms with E-state index in [-0.39, 0.29) is 0 Å². The fourth-order valence-corrected chi connectivity index (χ4v) is 4.96. The molecule has 2 aromatic carbocycles. The first-order valence-corrected chi connectivity index (χ1v) is 13.3. The maximum absolute atomic E-state index is 11.3. The molecule has 1 N–H and O–H groups in total. The summed E-state index contributed by atoms with van der Waals surface area (Å²) in [5.74, 6) is 3.39. The Labute approximate surface area is 221 Å². The molecule has 1 aliphatic heterocycles. The van der Waals surface area contributed by atoms with Gasteiger partial charge < -0.3 is 23.9 Å². The van der Waals surface area contributed by atoms with Gasteiger partial charge in [0.1, 0.15) is 18.2 Å². The summed E-state index contributed by atoms with van der Waals surface area (Å²) >= 11 is 0. The van der Waals surface area contributed by atoms with Gasteiger partial charge in [0.2, 0.25) is 0 Å². The normalized spacial score (nSPS) is 18.4. The lowest BCUT2D eigenvalue weighted by atomic mass is 9.96. The molecule has 4 rings (SSSR count). The van der Waals surface area contributed by atoms with Gasteiger partial charge in [-0.1, -0.05) is 23.8 Å². The van der Waals surface area contributed by atoms with Gasteiger partial charge in [-0.05, 0) is 82.3 Å². The second-order valence-electron chi connectivity index (χ2n) is 10.3. The van der Waals surface area contributed by atoms with Crippen molar-refractivity contribution in [2.75, 3.05) is 33.4 Å². The maximum atomic E-state index is 11.3. The SMILES string of the molecule is COc1ccc(CN2CCC[C@](O)(COc3ccc(C)cc3C)CC2)cc1OCCCn1ccnc1C. The fourth-order valence-electron chi connectivity index (χ4n) is 4.96. The minimum Gasteiger partial charge on any atom is -0.493 e. The molecule has 1 saturated heterocycles. The molecule has 2 heterocycles. The first-order valence-electron chi connectivity index (χ1n) is 13.3. The van der Waals surface area contributed by atoms with E-state index in [1.54, 1.807) is 7.11 Å². The van der Waals surface area contributed by atoms with Crippen LogP contribution in [0.4, 0.5) is 0 Å². The number of methoxy groups -OCH3 is 1. The molecule has 200 valence electrons. The monoisotopic (exact) mass is 507 g/mol. The Balaban J connectivity index is 1.29. The summed E-state index contributed by atoms with van der Waals surface area (Å²) in [6, 6.07) is 12.3. The topological polar surface area (TPSA) is 69.0 Å². The zero-order valence-corrected chi connectivity index (χ0v) is 22.7. The van der Waals surface area contributed by atoms with Crippen molar-refractivity contribution in [1.82, 2.24) is 14.5 Å². The van der Waals surface area contributed by atoms with Crippen molar-refractivity contribution in [1.29, 1.82) is 0 Å². The molecule has 1 fully saturated rings. The van der Waals surface area contributed by atoms with Crippen LogP contribution in [0, 0.1) is 20.8 Å². The fraction of sp³-hybridized carbons (Fsp3) is 0.500. The third-order valence-corrected chi connectivity index (χ3v) is 7.20. The molecule has 1 aliphatic rings. The highest BCUT2D eigenvalue weighted by Gasteiger charge is 2.31. The van der Waals surface area contributed by atoms with Gasteiger partial charge in [-0.3, -0.25) is 4.90 Å². The summed E-state index contributed by atoms with van der Waals surface area (Å²) < 4.78 is 19.8. The summed E-state index contributed by atoms with van der Waals surface area (Å²) in [6.07, 6.45) is 7.06. The first-order chi connectivity index (χ1) is 17.8. The Morgan fingerprint density at radius 3 is 2.57 bits per heavy atom. The molecule has 37 heavy (non-hydrogen) atoms. The molecule has 7 nitrogen and oxygen atoms in total. The van der Waals surface area contributed by atoms with E-state index in [1.165, 1.54) is 11.1 Å². The largest absolute Gasteiger partial charge is 0.493 e. The summed E-state index contributed by atoms with van der Waals surface area (Å²) in [7, 11) is 1.67. The number of likely N-dealkylation sites (tertiary alicyclic amines) is 1. The van der Waals surface area contributed by atoms with Gasteiger partial charge in [-0.2, -0.15) is 0 Å². The Morgan fingerprint density at radius 1 is 0.973 bits per heavy atom. The number of aryl methyl sites for hydroxylation is 4. The van der Waals surface area contributed by atoms with E-state index in [2.05, 4.69) is 52.6 Å². The molecule has 0 saturated carbocycles. The molecule has 1 atom stereocenters. The zero-order chi connectivity index (χ0) is 26.3. The molecule has 7 heteroatoms. The van der Waals surface area contributed by atoms with Gasteiger partial charge in [0.25, 0.3) is 0 Å². The lowest BCUT2D eigenvalue weighted by Gasteiger charge is -2.27. The number of ether oxygens (including phenoxy) is 3. The number of rotatable bonds is 11. The van der Waals surface area contributed by atoms with Crippen molar-refractivity contribution in [2.24, 2.45) is 0 Å². The van der Waals surface area contributed by atoms with Crippen LogP contribution in [0.2, 0.25) is 0 Å². The average Bonchev–Trinajstić information content (AvgIpc) is 3.19. The van der Waals surface area contributed by atoms with Gasteiger partial charge in [0.05, 0.1) is 19.3 Å². The summed E-state index contributed by atoms with van der Waals surface area (Å²) in [4.78, 5) is 6.67. The summed E-state index contributed by atoms with van der Waals surface area (Å²) in [6.45, 7) is 10.5. The van der Waals surface area contributed by atoms with Gasteiger partial charge in [0.15, 0.2) is 11.5 Å². The van der Waals surface area contributed by atoms with E-state index in [1.807, 2.05) is 31.5 Å². The van der Waals surface area contributed by atoms with Gasteiger partial charge in [-0.25, -0.2) is 4.98 Å². The number of benzene rings is 2. The van der Waals surface area contributed by atoms with E-state index < -0.39 is 5.60 Å². The third-order valence-electron chi connectivity index (χ3n) is 7.20. The quantitative estimate of drug-likeness (QED) is 0.365. The first kappa shape index (κ1) is 27.0. The number of aliphatic hydroxyl groups is 1. The number of imidazole rings is 1. The van der Waals surface area contributed by atoms with Crippen LogP contribution >= 0.6 is 0 Å². The predicted octanol–water partition coefficient (Wildman–Crippen LogP) is 5.08. The van der Waals surface area contributed by atoms with Crippen molar-refractivity contribution < 1.29 is 19.3 Å². The molecule has 0 aliphatic carbocycles. The lowest BCUT2D eigenvalue weighted by Crippen LogP contribution is -2.37. The van der Waals surface area contributed by atoms with Crippen LogP contribution < -0.4 is 14.2 Å². The summed E-state index contributed by atoms with van der Waals surface area (Å²) in [5.41, 5.74) is 2.69. The number of hydrogen-bond acceptors (Lipinski definition) is 6. The second-order valence-corrected chi connectivity index (χ2v) is 10.3. The standard InChI is InChI=1S/C30H41N3O4/c1-23-7-9-27(24(2)19-23)37-22-30(34)11-5-14-32(16-12-30)21-26-8-10-28(35-4)29(20-26)36-18-6-15-33-17-13-31-25(33)3/h7-10,13,17,19-20,34H,5-6,11-12,14-16,18,21-22H2,1-4H3/t30-/m1/s1. The Hall–Kier alpha value is -3.03. The third kappa shape index (κ3) is 7.49. The maximum Gasteiger partial charge on any atom is 0.161 e. The van der Waals surface area contributed by atoms with Crippen LogP contribution in [0.15, 0.2) is 48.8 Å². The molecule has 3 aromatic rings. The van der Waals surface area contributed by atoms with Crippen LogP contribution in [-0.4, -0.2) is 58.6 Å². The second kappa shape index (κ2) is 12.5. The van der Waals surface area contributed by atoms with E-state index in [4.69, 9.17) is 14.2 Å². The van der Waals surface area contributed by atoms with E-state index in [0.717, 1.165) is 74.1 Å². The van der Waals surface area contributed by atoms with E-state index >= 15 is 0 Å². The van der Waals surface area contributed by atoms with Crippen molar-refractivity contribution in [3.8, 4) is 17.2 Å². The van der Waals surface area contributed by atoms with Gasteiger partial charge in [0, 0.05) is 32.0 Å². The zero-order valence-electron chi connectivity index (χ0n) is 22.7. The van der Waals surface area contributed by atoms with Crippen molar-refractivity contribution in [3.05, 3.63) is 71.3 Å². The minimum atomic E-state index is -0.812. The van der Waals surface area contributed by atoms with Crippen LogP contribution in [0.3, 0.4) is 0 Å². The molecule has 1 aromatic heterocycles. The highest BCUT2D eigenvalue weighted by molar-refractivity contribution is 5.43. The van der Waals surface area contributed by atoms with Crippen LogP contribution in [0.1, 0.15) is 48.2 Å². The van der Waals surface area contributed by atoms with E-state index in [9.17, 15) is 5.11 Å². The highest BCUT2D eigenvalue weighted by Crippen LogP contribution is 2.30. The highest BCUT2D eigenvalue weighted by atomic mass is 16.5. The number of aromatic nitrogens is 2. The average molecular weight is 508 g/mol. The van der Waals surface area contributed by atoms with Gasteiger partial charge in [-0.15, -0.1) is 0 Å². The summed E-state index contributed by atoms with van der Waals surface area (Å²) in [5, 5.41) is 11.3. The number of nitrogens with zero attached hydrogens (tertiary/aromatic N) is 3.